The molecule has 0 unspecified atom stereocenters. The van der Waals surface area contributed by atoms with Gasteiger partial charge in [-0.1, -0.05) is 40.8 Å². The molecule has 1 aromatic heterocycles. The van der Waals surface area contributed by atoms with Crippen LogP contribution in [0.4, 0.5) is 5.13 Å². The highest BCUT2D eigenvalue weighted by Crippen LogP contribution is 2.27. The highest BCUT2D eigenvalue weighted by atomic mass is 35.5. The number of aromatic nitrogens is 2. The molecule has 0 atom stereocenters. The summed E-state index contributed by atoms with van der Waals surface area (Å²) in [5, 5.41) is 11.7. The highest BCUT2D eigenvalue weighted by molar-refractivity contribution is 8.01. The fourth-order valence-corrected chi connectivity index (χ4v) is 3.17. The molecular formula is C15H16ClN3O2S2. The van der Waals surface area contributed by atoms with Crippen molar-refractivity contribution < 1.29 is 9.53 Å². The first-order chi connectivity index (χ1) is 10.9. The summed E-state index contributed by atoms with van der Waals surface area (Å²) in [4.78, 5) is 12.4. The predicted octanol–water partition coefficient (Wildman–Crippen LogP) is 4.27. The molecule has 0 bridgehead atoms. The van der Waals surface area contributed by atoms with E-state index < -0.39 is 5.60 Å². The van der Waals surface area contributed by atoms with Crippen molar-refractivity contribution in [2.45, 2.75) is 23.8 Å². The lowest BCUT2D eigenvalue weighted by Crippen LogP contribution is -2.42. The Balaban J connectivity index is 1.98. The SMILES string of the molecule is C=CCSc1nnc(NC(=O)C(C)(C)Oc2ccc(Cl)cc2)s1. The van der Waals surface area contributed by atoms with Crippen LogP contribution >= 0.6 is 34.7 Å². The Morgan fingerprint density at radius 2 is 2.13 bits per heavy atom. The Morgan fingerprint density at radius 1 is 1.43 bits per heavy atom. The Bertz CT molecular complexity index is 686. The normalized spacial score (nSPS) is 11.1. The molecule has 0 aliphatic carbocycles. The van der Waals surface area contributed by atoms with Gasteiger partial charge in [0.1, 0.15) is 5.75 Å². The lowest BCUT2D eigenvalue weighted by molar-refractivity contribution is -0.128. The fraction of sp³-hybridized carbons (Fsp3) is 0.267. The minimum absolute atomic E-state index is 0.302. The number of hydrogen-bond donors (Lipinski definition) is 1. The van der Waals surface area contributed by atoms with Gasteiger partial charge in [-0.3, -0.25) is 10.1 Å². The molecule has 0 aliphatic heterocycles. The number of halogens is 1. The number of benzene rings is 1. The van der Waals surface area contributed by atoms with Crippen LogP contribution in [0, 0.1) is 0 Å². The zero-order valence-electron chi connectivity index (χ0n) is 12.7. The number of carbonyl (C=O) groups is 1. The molecule has 1 aromatic carbocycles. The molecule has 1 N–H and O–H groups in total. The molecule has 0 saturated carbocycles. The Labute approximate surface area is 148 Å². The standard InChI is InChI=1S/C15H16ClN3O2S2/c1-4-9-22-14-19-18-13(23-14)17-12(20)15(2,3)21-11-7-5-10(16)6-8-11/h4-8H,1,9H2,2-3H3,(H,17,18,20). The lowest BCUT2D eigenvalue weighted by atomic mass is 10.1. The molecule has 8 heteroatoms. The van der Waals surface area contributed by atoms with Crippen LogP contribution in [0.25, 0.3) is 0 Å². The van der Waals surface area contributed by atoms with E-state index >= 15 is 0 Å². The van der Waals surface area contributed by atoms with Crippen molar-refractivity contribution in [3.8, 4) is 5.75 Å². The number of anilines is 1. The molecule has 0 spiro atoms. The molecular weight excluding hydrogens is 354 g/mol. The van der Waals surface area contributed by atoms with E-state index in [0.717, 1.165) is 10.1 Å². The van der Waals surface area contributed by atoms with E-state index in [1.54, 1.807) is 44.2 Å². The molecule has 0 fully saturated rings. The number of ether oxygens (including phenoxy) is 1. The molecule has 1 heterocycles. The minimum Gasteiger partial charge on any atom is -0.478 e. The maximum Gasteiger partial charge on any atom is 0.269 e. The third-order valence-electron chi connectivity index (χ3n) is 2.69. The molecule has 2 aromatic rings. The van der Waals surface area contributed by atoms with Crippen LogP contribution < -0.4 is 10.1 Å². The van der Waals surface area contributed by atoms with Gasteiger partial charge in [0.15, 0.2) is 9.94 Å². The molecule has 0 radical (unpaired) electrons. The zero-order chi connectivity index (χ0) is 16.9. The van der Waals surface area contributed by atoms with E-state index in [9.17, 15) is 4.79 Å². The average Bonchev–Trinajstić information content (AvgIpc) is 2.95. The van der Waals surface area contributed by atoms with E-state index in [2.05, 4.69) is 22.1 Å². The predicted molar refractivity (Wildman–Crippen MR) is 95.6 cm³/mol. The molecule has 0 aliphatic rings. The average molecular weight is 370 g/mol. The Kier molecular flexibility index (Phi) is 6.04. The summed E-state index contributed by atoms with van der Waals surface area (Å²) in [6.45, 7) is 7.02. The fourth-order valence-electron chi connectivity index (χ4n) is 1.54. The van der Waals surface area contributed by atoms with Gasteiger partial charge in [0, 0.05) is 10.8 Å². The summed E-state index contributed by atoms with van der Waals surface area (Å²) in [5.74, 6) is 1.01. The van der Waals surface area contributed by atoms with Gasteiger partial charge in [-0.2, -0.15) is 0 Å². The summed E-state index contributed by atoms with van der Waals surface area (Å²) >= 11 is 8.66. The molecule has 23 heavy (non-hydrogen) atoms. The second kappa shape index (κ2) is 7.81. The minimum atomic E-state index is -1.06. The number of hydrogen-bond acceptors (Lipinski definition) is 6. The van der Waals surface area contributed by atoms with E-state index in [1.165, 1.54) is 23.1 Å². The van der Waals surface area contributed by atoms with E-state index in [1.807, 2.05) is 0 Å². The monoisotopic (exact) mass is 369 g/mol. The van der Waals surface area contributed by atoms with Crippen LogP contribution in [-0.4, -0.2) is 27.5 Å². The van der Waals surface area contributed by atoms with Crippen molar-refractivity contribution in [2.24, 2.45) is 0 Å². The topological polar surface area (TPSA) is 64.1 Å². The van der Waals surface area contributed by atoms with Crippen molar-refractivity contribution in [3.05, 3.63) is 41.9 Å². The quantitative estimate of drug-likeness (QED) is 0.448. The van der Waals surface area contributed by atoms with Crippen molar-refractivity contribution >= 4 is 45.7 Å². The van der Waals surface area contributed by atoms with Gasteiger partial charge >= 0.3 is 0 Å². The van der Waals surface area contributed by atoms with Crippen LogP contribution in [0.2, 0.25) is 5.02 Å². The number of nitrogens with one attached hydrogen (secondary N) is 1. The largest absolute Gasteiger partial charge is 0.478 e. The number of amides is 1. The van der Waals surface area contributed by atoms with Crippen molar-refractivity contribution in [1.82, 2.24) is 10.2 Å². The maximum absolute atomic E-state index is 12.4. The molecule has 1 amide bonds. The van der Waals surface area contributed by atoms with Gasteiger partial charge in [0.2, 0.25) is 5.13 Å². The van der Waals surface area contributed by atoms with Gasteiger partial charge in [-0.15, -0.1) is 16.8 Å². The second-order valence-corrected chi connectivity index (χ2v) is 7.67. The summed E-state index contributed by atoms with van der Waals surface area (Å²) in [5.41, 5.74) is -1.06. The first-order valence-corrected chi connectivity index (χ1v) is 8.92. The first kappa shape index (κ1) is 17.8. The zero-order valence-corrected chi connectivity index (χ0v) is 15.1. The van der Waals surface area contributed by atoms with Crippen molar-refractivity contribution in [3.63, 3.8) is 0 Å². The van der Waals surface area contributed by atoms with Crippen LogP contribution in [-0.2, 0) is 4.79 Å². The van der Waals surface area contributed by atoms with Crippen LogP contribution in [0.1, 0.15) is 13.8 Å². The van der Waals surface area contributed by atoms with Gasteiger partial charge in [-0.25, -0.2) is 0 Å². The maximum atomic E-state index is 12.4. The van der Waals surface area contributed by atoms with Gasteiger partial charge < -0.3 is 4.74 Å². The smallest absolute Gasteiger partial charge is 0.269 e. The first-order valence-electron chi connectivity index (χ1n) is 6.74. The van der Waals surface area contributed by atoms with Gasteiger partial charge in [-0.05, 0) is 38.1 Å². The molecule has 5 nitrogen and oxygen atoms in total. The third kappa shape index (κ3) is 5.23. The van der Waals surface area contributed by atoms with Crippen molar-refractivity contribution in [1.29, 1.82) is 0 Å². The van der Waals surface area contributed by atoms with E-state index in [0.29, 0.717) is 15.9 Å². The number of carbonyl (C=O) groups excluding carboxylic acids is 1. The third-order valence-corrected chi connectivity index (χ3v) is 4.90. The molecule has 122 valence electrons. The summed E-state index contributed by atoms with van der Waals surface area (Å²) < 4.78 is 6.50. The Hall–Kier alpha value is -1.57. The Morgan fingerprint density at radius 3 is 2.78 bits per heavy atom. The number of thioether (sulfide) groups is 1. The molecule has 0 saturated heterocycles. The highest BCUT2D eigenvalue weighted by Gasteiger charge is 2.31. The van der Waals surface area contributed by atoms with Crippen LogP contribution in [0.3, 0.4) is 0 Å². The number of rotatable bonds is 7. The van der Waals surface area contributed by atoms with E-state index in [4.69, 9.17) is 16.3 Å². The summed E-state index contributed by atoms with van der Waals surface area (Å²) in [6, 6.07) is 6.84. The number of nitrogens with zero attached hydrogens (tertiary/aromatic N) is 2. The van der Waals surface area contributed by atoms with Crippen molar-refractivity contribution in [2.75, 3.05) is 11.1 Å². The van der Waals surface area contributed by atoms with Gasteiger partial charge in [0.05, 0.1) is 0 Å². The second-order valence-electron chi connectivity index (χ2n) is 4.99. The van der Waals surface area contributed by atoms with E-state index in [-0.39, 0.29) is 5.91 Å². The summed E-state index contributed by atoms with van der Waals surface area (Å²) in [7, 11) is 0. The molecule has 2 rings (SSSR count). The lowest BCUT2D eigenvalue weighted by Gasteiger charge is -2.24. The van der Waals surface area contributed by atoms with Gasteiger partial charge in [0.25, 0.3) is 5.91 Å². The summed E-state index contributed by atoms with van der Waals surface area (Å²) in [6.07, 6.45) is 1.79. The van der Waals surface area contributed by atoms with Crippen LogP contribution in [0.5, 0.6) is 5.75 Å². The van der Waals surface area contributed by atoms with Crippen LogP contribution in [0.15, 0.2) is 41.3 Å².